The summed E-state index contributed by atoms with van der Waals surface area (Å²) in [7, 11) is 1.99. The van der Waals surface area contributed by atoms with E-state index >= 15 is 0 Å². The van der Waals surface area contributed by atoms with E-state index in [2.05, 4.69) is 21.0 Å². The lowest BCUT2D eigenvalue weighted by Gasteiger charge is -2.17. The van der Waals surface area contributed by atoms with Gasteiger partial charge in [-0.15, -0.1) is 0 Å². The molecular formula is C14H13ClN4S. The van der Waals surface area contributed by atoms with E-state index in [0.717, 1.165) is 28.0 Å². The maximum atomic E-state index is 6.11. The molecule has 0 atom stereocenters. The van der Waals surface area contributed by atoms with Gasteiger partial charge in [-0.3, -0.25) is 0 Å². The highest BCUT2D eigenvalue weighted by Crippen LogP contribution is 2.33. The van der Waals surface area contributed by atoms with Gasteiger partial charge in [-0.05, 0) is 24.3 Å². The van der Waals surface area contributed by atoms with Gasteiger partial charge in [0, 0.05) is 36.6 Å². The minimum absolute atomic E-state index is 0.484. The van der Waals surface area contributed by atoms with Crippen molar-refractivity contribution in [3.8, 4) is 11.3 Å². The van der Waals surface area contributed by atoms with Crippen LogP contribution in [-0.2, 0) is 0 Å². The molecular weight excluding hydrogens is 292 g/mol. The highest BCUT2D eigenvalue weighted by molar-refractivity contribution is 7.99. The molecule has 3 aromatic rings. The number of hydrogen-bond donors (Lipinski definition) is 1. The average molecular weight is 305 g/mol. The lowest BCUT2D eigenvalue weighted by Crippen LogP contribution is -2.08. The minimum atomic E-state index is 0.484. The van der Waals surface area contributed by atoms with Crippen molar-refractivity contribution >= 4 is 40.3 Å². The zero-order valence-corrected chi connectivity index (χ0v) is 12.7. The SMILES string of the molecule is CSN(C)c1ncccc1-c1cc2ccnc(Cl)c2[nH]1. The Morgan fingerprint density at radius 2 is 2.10 bits per heavy atom. The Hall–Kier alpha value is -1.72. The molecule has 0 saturated carbocycles. The molecule has 0 unspecified atom stereocenters. The van der Waals surface area contributed by atoms with E-state index in [1.54, 1.807) is 24.3 Å². The summed E-state index contributed by atoms with van der Waals surface area (Å²) in [6.45, 7) is 0. The van der Waals surface area contributed by atoms with Gasteiger partial charge in [0.05, 0.1) is 11.2 Å². The van der Waals surface area contributed by atoms with Gasteiger partial charge >= 0.3 is 0 Å². The Labute approximate surface area is 126 Å². The van der Waals surface area contributed by atoms with E-state index < -0.39 is 0 Å². The molecule has 102 valence electrons. The Bertz CT molecular complexity index is 756. The predicted molar refractivity (Wildman–Crippen MR) is 86.3 cm³/mol. The van der Waals surface area contributed by atoms with Crippen molar-refractivity contribution < 1.29 is 0 Å². The number of H-pyrrole nitrogens is 1. The summed E-state index contributed by atoms with van der Waals surface area (Å²) in [6, 6.07) is 7.98. The third-order valence-electron chi connectivity index (χ3n) is 3.15. The van der Waals surface area contributed by atoms with Gasteiger partial charge < -0.3 is 9.29 Å². The molecule has 0 fully saturated rings. The van der Waals surface area contributed by atoms with Crippen molar-refractivity contribution in [2.45, 2.75) is 0 Å². The predicted octanol–water partition coefficient (Wildman–Crippen LogP) is 3.99. The first-order chi connectivity index (χ1) is 9.70. The molecule has 0 amide bonds. The second kappa shape index (κ2) is 5.34. The van der Waals surface area contributed by atoms with Crippen LogP contribution in [0, 0.1) is 0 Å². The van der Waals surface area contributed by atoms with Crippen LogP contribution in [0.2, 0.25) is 5.15 Å². The fraction of sp³-hybridized carbons (Fsp3) is 0.143. The normalized spacial score (nSPS) is 10.9. The number of rotatable bonds is 3. The number of nitrogens with zero attached hydrogens (tertiary/aromatic N) is 3. The summed E-state index contributed by atoms with van der Waals surface area (Å²) in [5.74, 6) is 0.913. The van der Waals surface area contributed by atoms with Gasteiger partial charge in [-0.25, -0.2) is 9.97 Å². The molecule has 1 N–H and O–H groups in total. The summed E-state index contributed by atoms with van der Waals surface area (Å²) >= 11 is 7.73. The third-order valence-corrected chi connectivity index (χ3v) is 4.15. The first-order valence-corrected chi connectivity index (χ1v) is 7.63. The first-order valence-electron chi connectivity index (χ1n) is 6.07. The first kappa shape index (κ1) is 13.3. The smallest absolute Gasteiger partial charge is 0.153 e. The fourth-order valence-electron chi connectivity index (χ4n) is 2.11. The van der Waals surface area contributed by atoms with Crippen LogP contribution >= 0.6 is 23.5 Å². The van der Waals surface area contributed by atoms with Gasteiger partial charge in [-0.2, -0.15) is 0 Å². The van der Waals surface area contributed by atoms with Crippen LogP contribution in [0.5, 0.6) is 0 Å². The van der Waals surface area contributed by atoms with Crippen LogP contribution < -0.4 is 4.31 Å². The van der Waals surface area contributed by atoms with Crippen molar-refractivity contribution in [2.75, 3.05) is 17.6 Å². The summed E-state index contributed by atoms with van der Waals surface area (Å²) in [5, 5.41) is 1.53. The monoisotopic (exact) mass is 304 g/mol. The van der Waals surface area contributed by atoms with E-state index in [-0.39, 0.29) is 0 Å². The number of anilines is 1. The molecule has 3 rings (SSSR count). The molecule has 0 spiro atoms. The largest absolute Gasteiger partial charge is 0.352 e. The second-order valence-electron chi connectivity index (χ2n) is 4.30. The molecule has 3 aromatic heterocycles. The van der Waals surface area contributed by atoms with Gasteiger partial charge in [-0.1, -0.05) is 23.5 Å². The van der Waals surface area contributed by atoms with Crippen molar-refractivity contribution in [3.63, 3.8) is 0 Å². The van der Waals surface area contributed by atoms with Crippen molar-refractivity contribution in [3.05, 3.63) is 41.8 Å². The Morgan fingerprint density at radius 1 is 1.25 bits per heavy atom. The third kappa shape index (κ3) is 2.23. The van der Waals surface area contributed by atoms with E-state index in [9.17, 15) is 0 Å². The molecule has 0 bridgehead atoms. The summed E-state index contributed by atoms with van der Waals surface area (Å²) in [5.41, 5.74) is 2.88. The lowest BCUT2D eigenvalue weighted by molar-refractivity contribution is 1.21. The van der Waals surface area contributed by atoms with Crippen molar-refractivity contribution in [1.82, 2.24) is 15.0 Å². The molecule has 0 aromatic carbocycles. The second-order valence-corrected chi connectivity index (χ2v) is 5.57. The highest BCUT2D eigenvalue weighted by Gasteiger charge is 2.13. The lowest BCUT2D eigenvalue weighted by atomic mass is 10.2. The molecule has 0 saturated heterocycles. The van der Waals surface area contributed by atoms with Crippen LogP contribution in [0.4, 0.5) is 5.82 Å². The summed E-state index contributed by atoms with van der Waals surface area (Å²) in [6.07, 6.45) is 5.52. The van der Waals surface area contributed by atoms with E-state index in [1.807, 2.05) is 35.8 Å². The number of fused-ring (bicyclic) bond motifs is 1. The average Bonchev–Trinajstić information content (AvgIpc) is 2.92. The van der Waals surface area contributed by atoms with Crippen LogP contribution in [0.1, 0.15) is 0 Å². The minimum Gasteiger partial charge on any atom is -0.352 e. The standard InChI is InChI=1S/C14H13ClN4S/c1-19(20-2)14-10(4-3-6-17-14)11-8-9-5-7-16-13(15)12(9)18-11/h3-8,18H,1-2H3. The molecule has 0 aliphatic carbocycles. The van der Waals surface area contributed by atoms with Crippen LogP contribution in [0.3, 0.4) is 0 Å². The number of halogens is 1. The van der Waals surface area contributed by atoms with Gasteiger partial charge in [0.25, 0.3) is 0 Å². The van der Waals surface area contributed by atoms with E-state index in [0.29, 0.717) is 5.15 Å². The zero-order chi connectivity index (χ0) is 14.1. The topological polar surface area (TPSA) is 44.8 Å². The van der Waals surface area contributed by atoms with Gasteiger partial charge in [0.1, 0.15) is 5.82 Å². The number of nitrogens with one attached hydrogen (secondary N) is 1. The Kier molecular flexibility index (Phi) is 3.54. The maximum Gasteiger partial charge on any atom is 0.153 e. The fourth-order valence-corrected chi connectivity index (χ4v) is 2.64. The van der Waals surface area contributed by atoms with Crippen molar-refractivity contribution in [1.29, 1.82) is 0 Å². The van der Waals surface area contributed by atoms with Crippen LogP contribution in [-0.4, -0.2) is 28.3 Å². The zero-order valence-electron chi connectivity index (χ0n) is 11.1. The summed E-state index contributed by atoms with van der Waals surface area (Å²) < 4.78 is 2.03. The molecule has 0 radical (unpaired) electrons. The molecule has 4 nitrogen and oxygen atoms in total. The van der Waals surface area contributed by atoms with E-state index in [4.69, 9.17) is 11.6 Å². The van der Waals surface area contributed by atoms with Crippen molar-refractivity contribution in [2.24, 2.45) is 0 Å². The van der Waals surface area contributed by atoms with Crippen LogP contribution in [0.15, 0.2) is 36.7 Å². The maximum absolute atomic E-state index is 6.11. The number of pyridine rings is 2. The molecule has 20 heavy (non-hydrogen) atoms. The highest BCUT2D eigenvalue weighted by atomic mass is 35.5. The molecule has 6 heteroatoms. The van der Waals surface area contributed by atoms with Gasteiger partial charge in [0.15, 0.2) is 5.15 Å². The quantitative estimate of drug-likeness (QED) is 0.587. The summed E-state index contributed by atoms with van der Waals surface area (Å²) in [4.78, 5) is 11.9. The number of aromatic amines is 1. The molecule has 0 aliphatic heterocycles. The number of aromatic nitrogens is 3. The van der Waals surface area contributed by atoms with Crippen LogP contribution in [0.25, 0.3) is 22.2 Å². The Morgan fingerprint density at radius 3 is 2.85 bits per heavy atom. The van der Waals surface area contributed by atoms with Gasteiger partial charge in [0.2, 0.25) is 0 Å². The molecule has 0 aliphatic rings. The Balaban J connectivity index is 2.18. The molecule has 3 heterocycles. The number of hydrogen-bond acceptors (Lipinski definition) is 4. The van der Waals surface area contributed by atoms with E-state index in [1.165, 1.54) is 0 Å².